The highest BCUT2D eigenvalue weighted by Crippen LogP contribution is 2.32. The van der Waals surface area contributed by atoms with Gasteiger partial charge in [0.25, 0.3) is 11.1 Å². The molecule has 2 aromatic carbocycles. The lowest BCUT2D eigenvalue weighted by atomic mass is 10.2. The van der Waals surface area contributed by atoms with Crippen LogP contribution in [0.1, 0.15) is 5.56 Å². The Bertz CT molecular complexity index is 978. The number of benzene rings is 2. The molecule has 0 aromatic heterocycles. The lowest BCUT2D eigenvalue weighted by Gasteiger charge is -2.12. The highest BCUT2D eigenvalue weighted by molar-refractivity contribution is 9.10. The van der Waals surface area contributed by atoms with Crippen molar-refractivity contribution < 1.29 is 19.1 Å². The third kappa shape index (κ3) is 4.76. The fourth-order valence-corrected chi connectivity index (χ4v) is 3.67. The molecule has 28 heavy (non-hydrogen) atoms. The van der Waals surface area contributed by atoms with E-state index in [1.54, 1.807) is 55.7 Å². The van der Waals surface area contributed by atoms with Gasteiger partial charge < -0.3 is 10.1 Å². The van der Waals surface area contributed by atoms with E-state index in [0.717, 1.165) is 22.2 Å². The number of halogens is 2. The average molecular weight is 482 g/mol. The van der Waals surface area contributed by atoms with E-state index in [1.807, 2.05) is 0 Å². The summed E-state index contributed by atoms with van der Waals surface area (Å²) in [5.74, 6) is -0.309. The summed E-state index contributed by atoms with van der Waals surface area (Å²) in [4.78, 5) is 38.1. The maximum absolute atomic E-state index is 12.5. The van der Waals surface area contributed by atoms with Gasteiger partial charge in [0, 0.05) is 10.2 Å². The highest BCUT2D eigenvalue weighted by atomic mass is 79.9. The molecule has 1 saturated heterocycles. The number of rotatable bonds is 5. The second-order valence-electron chi connectivity index (χ2n) is 5.72. The Hall–Kier alpha value is -2.29. The standard InChI is InChI=1S/C19H14BrClN2O4S/c1-27-13-5-2-11(3-6-13)8-16-18(25)23(19(26)28-16)10-17(24)22-12-4-7-14(20)15(21)9-12/h2-9H,10H2,1H3,(H,22,24)/b16-8+. The van der Waals surface area contributed by atoms with Crippen molar-refractivity contribution >= 4 is 68.1 Å². The van der Waals surface area contributed by atoms with Crippen molar-refractivity contribution in [1.82, 2.24) is 4.90 Å². The molecule has 0 aliphatic carbocycles. The SMILES string of the molecule is COc1ccc(/C=C2/SC(=O)N(CC(=O)Nc3ccc(Br)c(Cl)c3)C2=O)cc1. The van der Waals surface area contributed by atoms with E-state index in [0.29, 0.717) is 20.9 Å². The molecule has 0 radical (unpaired) electrons. The number of anilines is 1. The predicted octanol–water partition coefficient (Wildman–Crippen LogP) is 4.79. The van der Waals surface area contributed by atoms with Crippen LogP contribution in [0, 0.1) is 0 Å². The maximum Gasteiger partial charge on any atom is 0.294 e. The third-order valence-corrected chi connectivity index (χ3v) is 5.93. The van der Waals surface area contributed by atoms with Gasteiger partial charge in [0.2, 0.25) is 5.91 Å². The van der Waals surface area contributed by atoms with Crippen molar-refractivity contribution in [3.63, 3.8) is 0 Å². The Balaban J connectivity index is 1.68. The Morgan fingerprint density at radius 1 is 1.25 bits per heavy atom. The van der Waals surface area contributed by atoms with Crippen molar-refractivity contribution in [1.29, 1.82) is 0 Å². The maximum atomic E-state index is 12.5. The lowest BCUT2D eigenvalue weighted by Crippen LogP contribution is -2.36. The summed E-state index contributed by atoms with van der Waals surface area (Å²) in [5, 5.41) is 2.57. The third-order valence-electron chi connectivity index (χ3n) is 3.79. The number of thioether (sulfide) groups is 1. The van der Waals surface area contributed by atoms with Gasteiger partial charge in [0.15, 0.2) is 0 Å². The van der Waals surface area contributed by atoms with E-state index in [-0.39, 0.29) is 11.4 Å². The second kappa shape index (κ2) is 8.81. The molecular weight excluding hydrogens is 468 g/mol. The van der Waals surface area contributed by atoms with E-state index in [9.17, 15) is 14.4 Å². The van der Waals surface area contributed by atoms with Crippen LogP contribution in [0.2, 0.25) is 5.02 Å². The number of carbonyl (C=O) groups is 3. The number of hydrogen-bond donors (Lipinski definition) is 1. The second-order valence-corrected chi connectivity index (χ2v) is 7.97. The van der Waals surface area contributed by atoms with Gasteiger partial charge in [0.1, 0.15) is 12.3 Å². The van der Waals surface area contributed by atoms with Gasteiger partial charge >= 0.3 is 0 Å². The minimum Gasteiger partial charge on any atom is -0.497 e. The van der Waals surface area contributed by atoms with Crippen molar-refractivity contribution in [3.05, 3.63) is 62.4 Å². The van der Waals surface area contributed by atoms with Crippen LogP contribution < -0.4 is 10.1 Å². The van der Waals surface area contributed by atoms with Crippen LogP contribution in [-0.2, 0) is 9.59 Å². The number of amides is 3. The van der Waals surface area contributed by atoms with Crippen LogP contribution in [0.5, 0.6) is 5.75 Å². The molecule has 1 N–H and O–H groups in total. The first-order valence-electron chi connectivity index (χ1n) is 8.01. The van der Waals surface area contributed by atoms with Crippen LogP contribution in [0.3, 0.4) is 0 Å². The first kappa shape index (κ1) is 20.4. The predicted molar refractivity (Wildman–Crippen MR) is 113 cm³/mol. The van der Waals surface area contributed by atoms with Crippen LogP contribution in [0.15, 0.2) is 51.8 Å². The van der Waals surface area contributed by atoms with E-state index >= 15 is 0 Å². The van der Waals surface area contributed by atoms with Gasteiger partial charge in [-0.2, -0.15) is 0 Å². The zero-order valence-corrected chi connectivity index (χ0v) is 17.7. The zero-order valence-electron chi connectivity index (χ0n) is 14.6. The fraction of sp³-hybridized carbons (Fsp3) is 0.105. The monoisotopic (exact) mass is 480 g/mol. The van der Waals surface area contributed by atoms with Crippen molar-refractivity contribution in [3.8, 4) is 5.75 Å². The number of imide groups is 1. The molecule has 0 saturated carbocycles. The summed E-state index contributed by atoms with van der Waals surface area (Å²) in [6.45, 7) is -0.377. The summed E-state index contributed by atoms with van der Waals surface area (Å²) < 4.78 is 5.79. The molecule has 1 fully saturated rings. The van der Waals surface area contributed by atoms with Crippen LogP contribution in [0.4, 0.5) is 10.5 Å². The summed E-state index contributed by atoms with van der Waals surface area (Å²) in [7, 11) is 1.56. The van der Waals surface area contributed by atoms with Crippen LogP contribution in [-0.4, -0.2) is 35.6 Å². The summed E-state index contributed by atoms with van der Waals surface area (Å²) >= 11 is 10.1. The highest BCUT2D eigenvalue weighted by Gasteiger charge is 2.36. The molecule has 6 nitrogen and oxygen atoms in total. The summed E-state index contributed by atoms with van der Waals surface area (Å²) in [6.07, 6.45) is 1.61. The van der Waals surface area contributed by atoms with E-state index in [4.69, 9.17) is 16.3 Å². The number of nitrogens with zero attached hydrogens (tertiary/aromatic N) is 1. The average Bonchev–Trinajstić information content (AvgIpc) is 2.93. The van der Waals surface area contributed by atoms with Crippen LogP contribution >= 0.6 is 39.3 Å². The van der Waals surface area contributed by atoms with Gasteiger partial charge in [-0.15, -0.1) is 0 Å². The van der Waals surface area contributed by atoms with Gasteiger partial charge in [0.05, 0.1) is 17.0 Å². The molecule has 1 heterocycles. The minimum absolute atomic E-state index is 0.259. The number of carbonyl (C=O) groups excluding carboxylic acids is 3. The molecule has 1 aliphatic rings. The fourth-order valence-electron chi connectivity index (χ4n) is 2.41. The molecular formula is C19H14BrClN2O4S. The zero-order chi connectivity index (χ0) is 20.3. The molecule has 2 aromatic rings. The molecule has 0 bridgehead atoms. The molecule has 0 unspecified atom stereocenters. The molecule has 0 spiro atoms. The molecule has 144 valence electrons. The van der Waals surface area contributed by atoms with Crippen molar-refractivity contribution in [2.45, 2.75) is 0 Å². The quantitative estimate of drug-likeness (QED) is 0.622. The van der Waals surface area contributed by atoms with Gasteiger partial charge in [-0.3, -0.25) is 19.3 Å². The van der Waals surface area contributed by atoms with Crippen LogP contribution in [0.25, 0.3) is 6.08 Å². The van der Waals surface area contributed by atoms with Gasteiger partial charge in [-0.05, 0) is 69.7 Å². The van der Waals surface area contributed by atoms with Gasteiger partial charge in [-0.25, -0.2) is 0 Å². The molecule has 3 rings (SSSR count). The summed E-state index contributed by atoms with van der Waals surface area (Å²) in [6, 6.07) is 12.0. The number of hydrogen-bond acceptors (Lipinski definition) is 5. The first-order valence-corrected chi connectivity index (χ1v) is 10.0. The first-order chi connectivity index (χ1) is 13.4. The number of ether oxygens (including phenoxy) is 1. The van der Waals surface area contributed by atoms with E-state index in [1.165, 1.54) is 0 Å². The van der Waals surface area contributed by atoms with Gasteiger partial charge in [-0.1, -0.05) is 23.7 Å². The Morgan fingerprint density at radius 2 is 1.96 bits per heavy atom. The van der Waals surface area contributed by atoms with E-state index in [2.05, 4.69) is 21.2 Å². The Kier molecular flexibility index (Phi) is 6.43. The normalized spacial score (nSPS) is 15.2. The minimum atomic E-state index is -0.505. The molecule has 1 aliphatic heterocycles. The lowest BCUT2D eigenvalue weighted by molar-refractivity contribution is -0.127. The molecule has 0 atom stereocenters. The van der Waals surface area contributed by atoms with E-state index < -0.39 is 17.1 Å². The summed E-state index contributed by atoms with van der Waals surface area (Å²) in [5.41, 5.74) is 1.22. The Morgan fingerprint density at radius 3 is 2.61 bits per heavy atom. The van der Waals surface area contributed by atoms with Crippen molar-refractivity contribution in [2.24, 2.45) is 0 Å². The molecule has 3 amide bonds. The largest absolute Gasteiger partial charge is 0.497 e. The Labute approximate surface area is 179 Å². The number of nitrogens with one attached hydrogen (secondary N) is 1. The molecule has 9 heteroatoms. The smallest absolute Gasteiger partial charge is 0.294 e. The number of methoxy groups -OCH3 is 1. The topological polar surface area (TPSA) is 75.7 Å². The van der Waals surface area contributed by atoms with Crippen molar-refractivity contribution in [2.75, 3.05) is 19.0 Å².